The van der Waals surface area contributed by atoms with Gasteiger partial charge in [-0.05, 0) is 29.8 Å². The lowest BCUT2D eigenvalue weighted by molar-refractivity contribution is 0.0947. The molecule has 7 nitrogen and oxygen atoms in total. The fourth-order valence-corrected chi connectivity index (χ4v) is 4.67. The van der Waals surface area contributed by atoms with E-state index < -0.39 is 26.9 Å². The molecule has 0 bridgehead atoms. The van der Waals surface area contributed by atoms with Gasteiger partial charge in [-0.15, -0.1) is 0 Å². The van der Waals surface area contributed by atoms with Gasteiger partial charge >= 0.3 is 0 Å². The van der Waals surface area contributed by atoms with Crippen LogP contribution in [0, 0.1) is 5.82 Å². The summed E-state index contributed by atoms with van der Waals surface area (Å²) in [4.78, 5) is 16.6. The van der Waals surface area contributed by atoms with E-state index in [1.165, 1.54) is 55.9 Å². The standard InChI is InChI=1S/C23H21ClFN3O4S/c1-3-22(28-16-11-17(32-2)14-26-13-16)33(30,31)21-7-5-4-6-18(21)23(29)27-12-15-8-9-19(24)20(25)10-15/h3-11,13-14,22,28H,1,12H2,2H3,(H,27,29). The lowest BCUT2D eigenvalue weighted by Crippen LogP contribution is -2.31. The van der Waals surface area contributed by atoms with Crippen molar-refractivity contribution in [1.29, 1.82) is 0 Å². The van der Waals surface area contributed by atoms with Crippen molar-refractivity contribution in [1.82, 2.24) is 10.3 Å². The Morgan fingerprint density at radius 2 is 2.00 bits per heavy atom. The Kier molecular flexibility index (Phi) is 7.67. The Morgan fingerprint density at radius 1 is 1.24 bits per heavy atom. The monoisotopic (exact) mass is 489 g/mol. The minimum Gasteiger partial charge on any atom is -0.495 e. The first kappa shape index (κ1) is 24.2. The quantitative estimate of drug-likeness (QED) is 0.437. The van der Waals surface area contributed by atoms with Crippen molar-refractivity contribution in [3.63, 3.8) is 0 Å². The van der Waals surface area contributed by atoms with Gasteiger partial charge in [0.1, 0.15) is 11.6 Å². The fourth-order valence-electron chi connectivity index (χ4n) is 3.00. The Labute approximate surface area is 196 Å². The summed E-state index contributed by atoms with van der Waals surface area (Å²) in [5.41, 5.74) is 0.820. The summed E-state index contributed by atoms with van der Waals surface area (Å²) in [6.07, 6.45) is 4.15. The molecule has 0 radical (unpaired) electrons. The van der Waals surface area contributed by atoms with Crippen LogP contribution in [0.3, 0.4) is 0 Å². The van der Waals surface area contributed by atoms with Crippen molar-refractivity contribution in [2.24, 2.45) is 0 Å². The second-order valence-electron chi connectivity index (χ2n) is 6.89. The maximum Gasteiger partial charge on any atom is 0.252 e. The molecule has 0 saturated carbocycles. The number of carbonyl (C=O) groups excluding carboxylic acids is 1. The molecule has 1 aromatic heterocycles. The molecule has 0 fully saturated rings. The smallest absolute Gasteiger partial charge is 0.252 e. The van der Waals surface area contributed by atoms with Gasteiger partial charge in [0.25, 0.3) is 5.91 Å². The molecule has 0 aliphatic carbocycles. The molecule has 0 aliphatic heterocycles. The van der Waals surface area contributed by atoms with Gasteiger partial charge in [-0.3, -0.25) is 9.78 Å². The second kappa shape index (κ2) is 10.5. The van der Waals surface area contributed by atoms with Crippen molar-refractivity contribution in [3.8, 4) is 5.75 Å². The van der Waals surface area contributed by atoms with Crippen LogP contribution in [0.2, 0.25) is 5.02 Å². The molecule has 2 N–H and O–H groups in total. The first-order valence-corrected chi connectivity index (χ1v) is 11.6. The number of anilines is 1. The minimum absolute atomic E-state index is 0.0140. The lowest BCUT2D eigenvalue weighted by atomic mass is 10.2. The SMILES string of the molecule is C=CC(Nc1cncc(OC)c1)S(=O)(=O)c1ccccc1C(=O)NCc1ccc(Cl)c(F)c1. The van der Waals surface area contributed by atoms with Crippen LogP contribution in [0.4, 0.5) is 10.1 Å². The number of ether oxygens (including phenoxy) is 1. The van der Waals surface area contributed by atoms with Crippen molar-refractivity contribution in [2.45, 2.75) is 16.8 Å². The summed E-state index contributed by atoms with van der Waals surface area (Å²) in [5, 5.41) is 4.18. The van der Waals surface area contributed by atoms with E-state index >= 15 is 0 Å². The molecule has 172 valence electrons. The topological polar surface area (TPSA) is 97.4 Å². The number of halogens is 2. The average Bonchev–Trinajstić information content (AvgIpc) is 2.83. The highest BCUT2D eigenvalue weighted by Crippen LogP contribution is 2.24. The number of methoxy groups -OCH3 is 1. The predicted molar refractivity (Wildman–Crippen MR) is 125 cm³/mol. The number of amides is 1. The molecule has 10 heteroatoms. The molecular formula is C23H21ClFN3O4S. The Morgan fingerprint density at radius 3 is 2.70 bits per heavy atom. The Balaban J connectivity index is 1.85. The molecule has 33 heavy (non-hydrogen) atoms. The van der Waals surface area contributed by atoms with E-state index in [0.717, 1.165) is 0 Å². The van der Waals surface area contributed by atoms with Gasteiger partial charge in [0.2, 0.25) is 9.84 Å². The molecule has 1 heterocycles. The second-order valence-corrected chi connectivity index (χ2v) is 9.33. The molecule has 2 aromatic carbocycles. The first-order valence-electron chi connectivity index (χ1n) is 9.69. The van der Waals surface area contributed by atoms with Crippen LogP contribution in [-0.2, 0) is 16.4 Å². The van der Waals surface area contributed by atoms with Crippen molar-refractivity contribution >= 4 is 33.0 Å². The van der Waals surface area contributed by atoms with E-state index in [9.17, 15) is 17.6 Å². The van der Waals surface area contributed by atoms with Crippen LogP contribution >= 0.6 is 11.6 Å². The number of nitrogens with zero attached hydrogens (tertiary/aromatic N) is 1. The molecule has 3 aromatic rings. The number of nitrogens with one attached hydrogen (secondary N) is 2. The number of pyridine rings is 1. The molecule has 0 saturated heterocycles. The molecular weight excluding hydrogens is 469 g/mol. The third kappa shape index (κ3) is 5.68. The summed E-state index contributed by atoms with van der Waals surface area (Å²) >= 11 is 5.67. The molecule has 1 amide bonds. The zero-order valence-electron chi connectivity index (χ0n) is 17.6. The minimum atomic E-state index is -4.08. The number of hydrogen-bond acceptors (Lipinski definition) is 6. The van der Waals surface area contributed by atoms with E-state index in [-0.39, 0.29) is 22.0 Å². The Hall–Kier alpha value is -3.43. The molecule has 1 atom stereocenters. The highest BCUT2D eigenvalue weighted by Gasteiger charge is 2.29. The third-order valence-corrected chi connectivity index (χ3v) is 6.94. The Bertz CT molecular complexity index is 1280. The summed E-state index contributed by atoms with van der Waals surface area (Å²) in [6.45, 7) is 3.60. The number of carbonyl (C=O) groups is 1. The highest BCUT2D eigenvalue weighted by molar-refractivity contribution is 7.92. The maximum atomic E-state index is 13.6. The van der Waals surface area contributed by atoms with Crippen molar-refractivity contribution in [2.75, 3.05) is 12.4 Å². The normalized spacial score (nSPS) is 12.0. The van der Waals surface area contributed by atoms with Crippen LogP contribution < -0.4 is 15.4 Å². The largest absolute Gasteiger partial charge is 0.495 e. The van der Waals surface area contributed by atoms with Crippen LogP contribution in [0.15, 0.2) is 78.5 Å². The number of rotatable bonds is 9. The van der Waals surface area contributed by atoms with Gasteiger partial charge in [0, 0.05) is 12.6 Å². The molecule has 3 rings (SSSR count). The fraction of sp³-hybridized carbons (Fsp3) is 0.130. The summed E-state index contributed by atoms with van der Waals surface area (Å²) in [6, 6.07) is 11.5. The molecule has 0 aliphatic rings. The molecule has 1 unspecified atom stereocenters. The van der Waals surface area contributed by atoms with Crippen LogP contribution in [0.25, 0.3) is 0 Å². The lowest BCUT2D eigenvalue weighted by Gasteiger charge is -2.19. The van der Waals surface area contributed by atoms with E-state index in [2.05, 4.69) is 22.2 Å². The maximum absolute atomic E-state index is 13.6. The van der Waals surface area contributed by atoms with Gasteiger partial charge in [0.15, 0.2) is 5.37 Å². The zero-order valence-corrected chi connectivity index (χ0v) is 19.2. The summed E-state index contributed by atoms with van der Waals surface area (Å²) < 4.78 is 45.5. The molecule has 0 spiro atoms. The van der Waals surface area contributed by atoms with Crippen LogP contribution in [0.5, 0.6) is 5.75 Å². The first-order chi connectivity index (χ1) is 15.8. The van der Waals surface area contributed by atoms with E-state index in [0.29, 0.717) is 17.0 Å². The highest BCUT2D eigenvalue weighted by atomic mass is 35.5. The van der Waals surface area contributed by atoms with Crippen LogP contribution in [-0.4, -0.2) is 31.8 Å². The van der Waals surface area contributed by atoms with Gasteiger partial charge in [-0.25, -0.2) is 12.8 Å². The number of benzene rings is 2. The summed E-state index contributed by atoms with van der Waals surface area (Å²) in [7, 11) is -2.61. The zero-order chi connectivity index (χ0) is 24.0. The van der Waals surface area contributed by atoms with Crippen molar-refractivity contribution < 1.29 is 22.3 Å². The summed E-state index contributed by atoms with van der Waals surface area (Å²) in [5.74, 6) is -0.799. The van der Waals surface area contributed by atoms with Gasteiger partial charge in [-0.2, -0.15) is 0 Å². The number of hydrogen-bond donors (Lipinski definition) is 2. The van der Waals surface area contributed by atoms with Crippen LogP contribution in [0.1, 0.15) is 15.9 Å². The van der Waals surface area contributed by atoms with Gasteiger partial charge in [-0.1, -0.05) is 42.5 Å². The van der Waals surface area contributed by atoms with Gasteiger partial charge < -0.3 is 15.4 Å². The average molecular weight is 490 g/mol. The van der Waals surface area contributed by atoms with Crippen molar-refractivity contribution in [3.05, 3.63) is 95.5 Å². The van der Waals surface area contributed by atoms with E-state index in [4.69, 9.17) is 16.3 Å². The third-order valence-electron chi connectivity index (χ3n) is 4.68. The number of aromatic nitrogens is 1. The van der Waals surface area contributed by atoms with E-state index in [1.54, 1.807) is 18.2 Å². The number of sulfone groups is 1. The van der Waals surface area contributed by atoms with Gasteiger partial charge in [0.05, 0.1) is 40.7 Å². The predicted octanol–water partition coefficient (Wildman–Crippen LogP) is 4.21. The van der Waals surface area contributed by atoms with E-state index in [1.807, 2.05) is 0 Å².